The fraction of sp³-hybridized carbons (Fsp3) is 0.455. The summed E-state index contributed by atoms with van der Waals surface area (Å²) in [6.45, 7) is 12.1. The Morgan fingerprint density at radius 2 is 2.08 bits per heavy atom. The fourth-order valence-corrected chi connectivity index (χ4v) is 3.02. The van der Waals surface area contributed by atoms with Crippen molar-refractivity contribution < 1.29 is 14.9 Å². The van der Waals surface area contributed by atoms with Gasteiger partial charge in [-0.3, -0.25) is 0 Å². The molecule has 2 atom stereocenters. The molecule has 1 aromatic carbocycles. The number of aryl methyl sites for hydroxylation is 1. The second-order valence-corrected chi connectivity index (χ2v) is 7.48. The Morgan fingerprint density at radius 1 is 1.36 bits per heavy atom. The van der Waals surface area contributed by atoms with Crippen LogP contribution in [0.25, 0.3) is 6.08 Å². The molecule has 0 spiro atoms. The Labute approximate surface area is 151 Å². The van der Waals surface area contributed by atoms with Gasteiger partial charge >= 0.3 is 0 Å². The molecule has 1 aliphatic rings. The van der Waals surface area contributed by atoms with Gasteiger partial charge in [-0.2, -0.15) is 0 Å². The summed E-state index contributed by atoms with van der Waals surface area (Å²) in [5.41, 5.74) is 3.34. The van der Waals surface area contributed by atoms with Crippen molar-refractivity contribution in [2.45, 2.75) is 65.1 Å². The Hall–Kier alpha value is -2.00. The first kappa shape index (κ1) is 19.3. The van der Waals surface area contributed by atoms with Crippen LogP contribution in [0, 0.1) is 6.92 Å². The summed E-state index contributed by atoms with van der Waals surface area (Å²) in [7, 11) is 0. The van der Waals surface area contributed by atoms with E-state index < -0.39 is 11.7 Å². The molecular formula is C22H30O3. The fourth-order valence-electron chi connectivity index (χ4n) is 3.02. The number of aromatic hydroxyl groups is 1. The number of hydrogen-bond donors (Lipinski definition) is 2. The number of ether oxygens (including phenoxy) is 1. The van der Waals surface area contributed by atoms with E-state index in [1.165, 1.54) is 5.57 Å². The van der Waals surface area contributed by atoms with E-state index in [0.717, 1.165) is 29.5 Å². The van der Waals surface area contributed by atoms with Gasteiger partial charge in [-0.15, -0.1) is 0 Å². The summed E-state index contributed by atoms with van der Waals surface area (Å²) in [6, 6.07) is 3.67. The normalized spacial score (nSPS) is 19.7. The number of aliphatic hydroxyl groups excluding tert-OH is 1. The average molecular weight is 342 g/mol. The zero-order valence-corrected chi connectivity index (χ0v) is 15.8. The standard InChI is InChI=1S/C22H30O3/c1-15(2)7-6-8-17(4)19(23)10-12-22(5)11-9-18-20(24)13-16(3)14-21(18)25-22/h7,9,11,13-14,19,23-24H,4,6,8,10,12H2,1-3,5H3. The first-order chi connectivity index (χ1) is 11.7. The largest absolute Gasteiger partial charge is 0.507 e. The molecule has 0 saturated heterocycles. The monoisotopic (exact) mass is 342 g/mol. The third-order valence-electron chi connectivity index (χ3n) is 4.61. The molecule has 0 radical (unpaired) electrons. The smallest absolute Gasteiger partial charge is 0.131 e. The second-order valence-electron chi connectivity index (χ2n) is 7.48. The molecule has 0 saturated carbocycles. The van der Waals surface area contributed by atoms with Crippen molar-refractivity contribution in [2.24, 2.45) is 0 Å². The number of hydrogen-bond acceptors (Lipinski definition) is 3. The maximum atomic E-state index is 10.4. The summed E-state index contributed by atoms with van der Waals surface area (Å²) in [4.78, 5) is 0. The van der Waals surface area contributed by atoms with Crippen molar-refractivity contribution >= 4 is 6.08 Å². The highest BCUT2D eigenvalue weighted by Gasteiger charge is 2.29. The van der Waals surface area contributed by atoms with E-state index in [0.29, 0.717) is 18.6 Å². The second kappa shape index (κ2) is 7.92. The molecule has 25 heavy (non-hydrogen) atoms. The number of benzene rings is 1. The van der Waals surface area contributed by atoms with Crippen LogP contribution in [0.4, 0.5) is 0 Å². The van der Waals surface area contributed by atoms with Gasteiger partial charge in [-0.05, 0) is 88.8 Å². The predicted molar refractivity (Wildman–Crippen MR) is 104 cm³/mol. The zero-order chi connectivity index (χ0) is 18.6. The van der Waals surface area contributed by atoms with Gasteiger partial charge in [0.2, 0.25) is 0 Å². The van der Waals surface area contributed by atoms with E-state index in [4.69, 9.17) is 4.74 Å². The summed E-state index contributed by atoms with van der Waals surface area (Å²) >= 11 is 0. The molecule has 0 aromatic heterocycles. The van der Waals surface area contributed by atoms with E-state index in [9.17, 15) is 10.2 Å². The predicted octanol–water partition coefficient (Wildman–Crippen LogP) is 5.31. The molecule has 3 nitrogen and oxygen atoms in total. The molecule has 2 unspecified atom stereocenters. The molecule has 1 aromatic rings. The van der Waals surface area contributed by atoms with E-state index in [2.05, 4.69) is 26.5 Å². The van der Waals surface area contributed by atoms with Gasteiger partial charge in [-0.25, -0.2) is 0 Å². The first-order valence-electron chi connectivity index (χ1n) is 8.91. The van der Waals surface area contributed by atoms with Crippen molar-refractivity contribution in [1.29, 1.82) is 0 Å². The minimum Gasteiger partial charge on any atom is -0.507 e. The summed E-state index contributed by atoms with van der Waals surface area (Å²) in [5, 5.41) is 20.4. The molecule has 136 valence electrons. The minimum absolute atomic E-state index is 0.237. The molecule has 0 aliphatic carbocycles. The van der Waals surface area contributed by atoms with Crippen LogP contribution in [-0.2, 0) is 0 Å². The molecule has 2 rings (SSSR count). The van der Waals surface area contributed by atoms with Gasteiger partial charge in [0.1, 0.15) is 17.1 Å². The van der Waals surface area contributed by atoms with Gasteiger partial charge in [-0.1, -0.05) is 18.2 Å². The Morgan fingerprint density at radius 3 is 2.76 bits per heavy atom. The SMILES string of the molecule is C=C(CCC=C(C)C)C(O)CCC1(C)C=Cc2c(O)cc(C)cc2O1. The van der Waals surface area contributed by atoms with Gasteiger partial charge < -0.3 is 14.9 Å². The molecular weight excluding hydrogens is 312 g/mol. The van der Waals surface area contributed by atoms with Crippen molar-refractivity contribution in [3.63, 3.8) is 0 Å². The van der Waals surface area contributed by atoms with E-state index >= 15 is 0 Å². The highest BCUT2D eigenvalue weighted by molar-refractivity contribution is 5.67. The summed E-state index contributed by atoms with van der Waals surface area (Å²) in [6.07, 6.45) is 8.51. The Balaban J connectivity index is 1.95. The lowest BCUT2D eigenvalue weighted by atomic mass is 9.91. The van der Waals surface area contributed by atoms with Crippen LogP contribution < -0.4 is 4.74 Å². The zero-order valence-electron chi connectivity index (χ0n) is 15.8. The number of rotatable bonds is 7. The van der Waals surface area contributed by atoms with E-state index in [1.54, 1.807) is 6.07 Å². The van der Waals surface area contributed by atoms with Crippen LogP contribution in [0.1, 0.15) is 57.6 Å². The van der Waals surface area contributed by atoms with Crippen molar-refractivity contribution in [3.05, 3.63) is 53.1 Å². The van der Waals surface area contributed by atoms with Crippen LogP contribution in [-0.4, -0.2) is 21.9 Å². The molecule has 2 N–H and O–H groups in total. The van der Waals surface area contributed by atoms with Crippen molar-refractivity contribution in [2.75, 3.05) is 0 Å². The summed E-state index contributed by atoms with van der Waals surface area (Å²) in [5.74, 6) is 0.931. The maximum Gasteiger partial charge on any atom is 0.131 e. The van der Waals surface area contributed by atoms with E-state index in [-0.39, 0.29) is 5.75 Å². The van der Waals surface area contributed by atoms with Gasteiger partial charge in [0.05, 0.1) is 11.7 Å². The van der Waals surface area contributed by atoms with E-state index in [1.807, 2.05) is 32.1 Å². The molecule has 0 bridgehead atoms. The number of fused-ring (bicyclic) bond motifs is 1. The highest BCUT2D eigenvalue weighted by Crippen LogP contribution is 2.39. The first-order valence-corrected chi connectivity index (χ1v) is 8.91. The lowest BCUT2D eigenvalue weighted by Crippen LogP contribution is -2.33. The third kappa shape index (κ3) is 5.23. The summed E-state index contributed by atoms with van der Waals surface area (Å²) < 4.78 is 6.13. The molecule has 0 fully saturated rings. The average Bonchev–Trinajstić information content (AvgIpc) is 2.51. The van der Waals surface area contributed by atoms with Crippen LogP contribution in [0.2, 0.25) is 0 Å². The number of aliphatic hydroxyl groups is 1. The lowest BCUT2D eigenvalue weighted by molar-refractivity contribution is 0.100. The van der Waals surface area contributed by atoms with Gasteiger partial charge in [0.15, 0.2) is 0 Å². The number of allylic oxidation sites excluding steroid dienone is 2. The molecule has 1 heterocycles. The third-order valence-corrected chi connectivity index (χ3v) is 4.61. The Kier molecular flexibility index (Phi) is 6.12. The minimum atomic E-state index is -0.522. The van der Waals surface area contributed by atoms with Crippen LogP contribution in [0.3, 0.4) is 0 Å². The van der Waals surface area contributed by atoms with Crippen LogP contribution in [0.15, 0.2) is 42.0 Å². The van der Waals surface area contributed by atoms with Crippen molar-refractivity contribution in [1.82, 2.24) is 0 Å². The topological polar surface area (TPSA) is 49.7 Å². The van der Waals surface area contributed by atoms with Crippen LogP contribution in [0.5, 0.6) is 11.5 Å². The van der Waals surface area contributed by atoms with Gasteiger partial charge in [0.25, 0.3) is 0 Å². The quantitative estimate of drug-likeness (QED) is 0.660. The number of phenols is 1. The number of phenolic OH excluding ortho intramolecular Hbond substituents is 1. The molecule has 0 amide bonds. The molecule has 3 heteroatoms. The van der Waals surface area contributed by atoms with Gasteiger partial charge in [0, 0.05) is 0 Å². The Bertz CT molecular complexity index is 695. The van der Waals surface area contributed by atoms with Crippen LogP contribution >= 0.6 is 0 Å². The highest BCUT2D eigenvalue weighted by atomic mass is 16.5. The maximum absolute atomic E-state index is 10.4. The lowest BCUT2D eigenvalue weighted by Gasteiger charge is -2.33. The molecule has 1 aliphatic heterocycles. The van der Waals surface area contributed by atoms with Crippen molar-refractivity contribution in [3.8, 4) is 11.5 Å².